The van der Waals surface area contributed by atoms with E-state index in [4.69, 9.17) is 0 Å². The van der Waals surface area contributed by atoms with Gasteiger partial charge in [-0.15, -0.1) is 0 Å². The molecule has 0 saturated heterocycles. The fourth-order valence-corrected chi connectivity index (χ4v) is 0.842. The average Bonchev–Trinajstić information content (AvgIpc) is 2.05. The minimum absolute atomic E-state index is 0.402. The highest BCUT2D eigenvalue weighted by atomic mass is 16.3. The molecule has 1 aromatic carbocycles. The van der Waals surface area contributed by atoms with Gasteiger partial charge in [-0.05, 0) is 12.0 Å². The summed E-state index contributed by atoms with van der Waals surface area (Å²) in [4.78, 5) is 0. The molecule has 0 bridgehead atoms. The Kier molecular flexibility index (Phi) is 2.46. The lowest BCUT2D eigenvalue weighted by Crippen LogP contribution is -1.93. The molecule has 0 aliphatic heterocycles. The first kappa shape index (κ1) is 7.29. The van der Waals surface area contributed by atoms with Gasteiger partial charge in [0, 0.05) is 0 Å². The van der Waals surface area contributed by atoms with Crippen LogP contribution in [0.5, 0.6) is 0 Å². The molecule has 0 aliphatic carbocycles. The van der Waals surface area contributed by atoms with Crippen molar-refractivity contribution in [3.63, 3.8) is 0 Å². The lowest BCUT2D eigenvalue weighted by Gasteiger charge is -2.05. The number of hydrogen-bond acceptors (Lipinski definition) is 1. The monoisotopic (exact) mass is 135 g/mol. The molecule has 0 heterocycles. The first-order valence-electron chi connectivity index (χ1n) is 3.37. The minimum atomic E-state index is -0.402. The Labute approximate surface area is 61.3 Å². The van der Waals surface area contributed by atoms with Crippen LogP contribution in [0, 0.1) is 6.92 Å². The maximum absolute atomic E-state index is 9.27. The molecule has 0 aromatic heterocycles. The molecule has 0 amide bonds. The molecule has 0 aliphatic rings. The Morgan fingerprint density at radius 1 is 1.30 bits per heavy atom. The van der Waals surface area contributed by atoms with E-state index in [-0.39, 0.29) is 0 Å². The van der Waals surface area contributed by atoms with Gasteiger partial charge in [0.2, 0.25) is 0 Å². The maximum atomic E-state index is 9.27. The molecule has 1 radical (unpaired) electrons. The van der Waals surface area contributed by atoms with Crippen LogP contribution in [-0.4, -0.2) is 5.11 Å². The van der Waals surface area contributed by atoms with Gasteiger partial charge in [0.15, 0.2) is 0 Å². The zero-order valence-electron chi connectivity index (χ0n) is 5.83. The smallest absolute Gasteiger partial charge is 0.0790 e. The van der Waals surface area contributed by atoms with E-state index in [2.05, 4.69) is 6.92 Å². The Bertz CT molecular complexity index is 181. The SMILES string of the molecule is [CH2]C[C@@H](O)c1ccccc1. The second kappa shape index (κ2) is 3.37. The number of hydrogen-bond donors (Lipinski definition) is 1. The molecule has 0 unspecified atom stereocenters. The van der Waals surface area contributed by atoms with E-state index in [9.17, 15) is 5.11 Å². The lowest BCUT2D eigenvalue weighted by molar-refractivity contribution is 0.181. The molecule has 0 saturated carbocycles. The second-order valence-corrected chi connectivity index (χ2v) is 2.22. The van der Waals surface area contributed by atoms with Gasteiger partial charge < -0.3 is 5.11 Å². The largest absolute Gasteiger partial charge is 0.388 e. The van der Waals surface area contributed by atoms with Crippen molar-refractivity contribution in [2.45, 2.75) is 12.5 Å². The van der Waals surface area contributed by atoms with Gasteiger partial charge in [-0.25, -0.2) is 0 Å². The molecule has 1 aromatic rings. The highest BCUT2D eigenvalue weighted by molar-refractivity contribution is 5.17. The van der Waals surface area contributed by atoms with E-state index in [1.165, 1.54) is 0 Å². The van der Waals surface area contributed by atoms with E-state index in [0.717, 1.165) is 5.56 Å². The summed E-state index contributed by atoms with van der Waals surface area (Å²) >= 11 is 0. The van der Waals surface area contributed by atoms with Gasteiger partial charge in [0.05, 0.1) is 6.10 Å². The topological polar surface area (TPSA) is 20.2 Å². The van der Waals surface area contributed by atoms with Gasteiger partial charge >= 0.3 is 0 Å². The fourth-order valence-electron chi connectivity index (χ4n) is 0.842. The molecule has 53 valence electrons. The predicted octanol–water partition coefficient (Wildman–Crippen LogP) is 1.94. The van der Waals surface area contributed by atoms with Crippen LogP contribution in [0.25, 0.3) is 0 Å². The van der Waals surface area contributed by atoms with Crippen molar-refractivity contribution < 1.29 is 5.11 Å². The number of rotatable bonds is 2. The van der Waals surface area contributed by atoms with Gasteiger partial charge in [-0.2, -0.15) is 0 Å². The van der Waals surface area contributed by atoms with Gasteiger partial charge in [0.25, 0.3) is 0 Å². The van der Waals surface area contributed by atoms with Crippen LogP contribution in [0.4, 0.5) is 0 Å². The van der Waals surface area contributed by atoms with Crippen LogP contribution >= 0.6 is 0 Å². The zero-order chi connectivity index (χ0) is 7.40. The van der Waals surface area contributed by atoms with Crippen molar-refractivity contribution in [3.8, 4) is 0 Å². The van der Waals surface area contributed by atoms with E-state index >= 15 is 0 Å². The first-order chi connectivity index (χ1) is 4.84. The summed E-state index contributed by atoms with van der Waals surface area (Å²) in [6.45, 7) is 3.61. The Morgan fingerprint density at radius 2 is 1.90 bits per heavy atom. The minimum Gasteiger partial charge on any atom is -0.388 e. The van der Waals surface area contributed by atoms with Crippen molar-refractivity contribution in [1.29, 1.82) is 0 Å². The summed E-state index contributed by atoms with van der Waals surface area (Å²) < 4.78 is 0. The van der Waals surface area contributed by atoms with Crippen molar-refractivity contribution >= 4 is 0 Å². The summed E-state index contributed by atoms with van der Waals surface area (Å²) in [5.74, 6) is 0. The Hall–Kier alpha value is -0.820. The van der Waals surface area contributed by atoms with E-state index < -0.39 is 6.10 Å². The fraction of sp³-hybridized carbons (Fsp3) is 0.222. The Balaban J connectivity index is 2.75. The molecule has 0 spiro atoms. The van der Waals surface area contributed by atoms with E-state index in [0.29, 0.717) is 6.42 Å². The molecular formula is C9H11O. The summed E-state index contributed by atoms with van der Waals surface area (Å²) in [5.41, 5.74) is 0.942. The molecule has 1 rings (SSSR count). The molecule has 0 fully saturated rings. The molecule has 10 heavy (non-hydrogen) atoms. The van der Waals surface area contributed by atoms with Crippen molar-refractivity contribution in [3.05, 3.63) is 42.8 Å². The van der Waals surface area contributed by atoms with Crippen LogP contribution in [0.15, 0.2) is 30.3 Å². The third-order valence-electron chi connectivity index (χ3n) is 1.46. The van der Waals surface area contributed by atoms with Crippen LogP contribution in [0.1, 0.15) is 18.1 Å². The van der Waals surface area contributed by atoms with Crippen LogP contribution in [-0.2, 0) is 0 Å². The lowest BCUT2D eigenvalue weighted by atomic mass is 10.1. The van der Waals surface area contributed by atoms with Gasteiger partial charge in [0.1, 0.15) is 0 Å². The molecule has 1 heteroatoms. The summed E-state index contributed by atoms with van der Waals surface area (Å²) in [7, 11) is 0. The van der Waals surface area contributed by atoms with Crippen molar-refractivity contribution in [2.24, 2.45) is 0 Å². The summed E-state index contributed by atoms with van der Waals surface area (Å²) in [6.07, 6.45) is 0.130. The van der Waals surface area contributed by atoms with Gasteiger partial charge in [-0.1, -0.05) is 37.3 Å². The van der Waals surface area contributed by atoms with E-state index in [1.54, 1.807) is 0 Å². The number of benzene rings is 1. The number of aliphatic hydroxyl groups is 1. The quantitative estimate of drug-likeness (QED) is 0.657. The average molecular weight is 135 g/mol. The molecular weight excluding hydrogens is 124 g/mol. The third-order valence-corrected chi connectivity index (χ3v) is 1.46. The highest BCUT2D eigenvalue weighted by Gasteiger charge is 2.00. The van der Waals surface area contributed by atoms with Crippen LogP contribution < -0.4 is 0 Å². The maximum Gasteiger partial charge on any atom is 0.0790 e. The van der Waals surface area contributed by atoms with Crippen molar-refractivity contribution in [2.75, 3.05) is 0 Å². The zero-order valence-corrected chi connectivity index (χ0v) is 5.83. The standard InChI is InChI=1S/C9H11O/c1-2-9(10)8-6-4-3-5-7-8/h3-7,9-10H,1-2H2/t9-/m1/s1. The molecule has 1 nitrogen and oxygen atoms in total. The second-order valence-electron chi connectivity index (χ2n) is 2.22. The summed E-state index contributed by atoms with van der Waals surface area (Å²) in [6, 6.07) is 9.55. The molecule has 1 N–H and O–H groups in total. The normalized spacial score (nSPS) is 13.0. The predicted molar refractivity (Wildman–Crippen MR) is 41.4 cm³/mol. The van der Waals surface area contributed by atoms with Crippen LogP contribution in [0.2, 0.25) is 0 Å². The van der Waals surface area contributed by atoms with Gasteiger partial charge in [-0.3, -0.25) is 0 Å². The molecule has 1 atom stereocenters. The number of aliphatic hydroxyl groups excluding tert-OH is 1. The third kappa shape index (κ3) is 1.58. The van der Waals surface area contributed by atoms with E-state index in [1.807, 2.05) is 30.3 Å². The van der Waals surface area contributed by atoms with Crippen molar-refractivity contribution in [1.82, 2.24) is 0 Å². The summed E-state index contributed by atoms with van der Waals surface area (Å²) in [5, 5.41) is 9.27. The first-order valence-corrected chi connectivity index (χ1v) is 3.37. The highest BCUT2D eigenvalue weighted by Crippen LogP contribution is 2.13. The van der Waals surface area contributed by atoms with Crippen LogP contribution in [0.3, 0.4) is 0 Å². The Morgan fingerprint density at radius 3 is 2.40 bits per heavy atom.